The second-order valence-corrected chi connectivity index (χ2v) is 3.36. The van der Waals surface area contributed by atoms with Crippen LogP contribution in [0.1, 0.15) is 25.5 Å². The number of aromatic nitrogens is 2. The van der Waals surface area contributed by atoms with E-state index in [9.17, 15) is 9.59 Å². The maximum Gasteiger partial charge on any atom is 0.396 e. The first-order valence-electron chi connectivity index (χ1n) is 5.00. The largest absolute Gasteiger partial charge is 0.459 e. The molecule has 0 radical (unpaired) electrons. The first-order valence-corrected chi connectivity index (χ1v) is 5.00. The fourth-order valence-electron chi connectivity index (χ4n) is 1.20. The zero-order valence-corrected chi connectivity index (χ0v) is 9.56. The second-order valence-electron chi connectivity index (χ2n) is 3.36. The van der Waals surface area contributed by atoms with E-state index >= 15 is 0 Å². The van der Waals surface area contributed by atoms with Gasteiger partial charge in [0.05, 0.1) is 18.8 Å². The zero-order valence-electron chi connectivity index (χ0n) is 9.56. The number of esters is 1. The molecule has 0 fully saturated rings. The van der Waals surface area contributed by atoms with Gasteiger partial charge in [-0.3, -0.25) is 9.48 Å². The van der Waals surface area contributed by atoms with Crippen LogP contribution in [0, 0.1) is 0 Å². The van der Waals surface area contributed by atoms with Gasteiger partial charge in [0, 0.05) is 18.8 Å². The molecule has 1 amide bonds. The van der Waals surface area contributed by atoms with E-state index in [2.05, 4.69) is 15.2 Å². The lowest BCUT2D eigenvalue weighted by atomic mass is 10.2. The molecule has 0 aliphatic rings. The van der Waals surface area contributed by atoms with Gasteiger partial charge in [0.2, 0.25) is 0 Å². The van der Waals surface area contributed by atoms with E-state index in [1.54, 1.807) is 38.0 Å². The van der Waals surface area contributed by atoms with Crippen molar-refractivity contribution < 1.29 is 14.3 Å². The minimum atomic E-state index is -0.863. The highest BCUT2D eigenvalue weighted by molar-refractivity contribution is 6.32. The van der Waals surface area contributed by atoms with Crippen LogP contribution >= 0.6 is 0 Å². The first-order chi connectivity index (χ1) is 7.54. The molecule has 88 valence electrons. The van der Waals surface area contributed by atoms with Gasteiger partial charge in [0.25, 0.3) is 0 Å². The molecule has 0 aromatic carbocycles. The smallest absolute Gasteiger partial charge is 0.396 e. The molecule has 1 unspecified atom stereocenters. The van der Waals surface area contributed by atoms with E-state index in [1.807, 2.05) is 0 Å². The minimum absolute atomic E-state index is 0.188. The number of carbonyl (C=O) groups excluding carboxylic acids is 2. The Labute approximate surface area is 93.6 Å². The summed E-state index contributed by atoms with van der Waals surface area (Å²) >= 11 is 0. The number of aryl methyl sites for hydroxylation is 1. The molecule has 1 N–H and O–H groups in total. The van der Waals surface area contributed by atoms with Gasteiger partial charge in [-0.1, -0.05) is 0 Å². The lowest BCUT2D eigenvalue weighted by molar-refractivity contribution is -0.154. The zero-order chi connectivity index (χ0) is 12.1. The van der Waals surface area contributed by atoms with Crippen molar-refractivity contribution in [2.24, 2.45) is 7.05 Å². The van der Waals surface area contributed by atoms with E-state index in [0.29, 0.717) is 0 Å². The van der Waals surface area contributed by atoms with E-state index in [4.69, 9.17) is 0 Å². The fraction of sp³-hybridized carbons (Fsp3) is 0.500. The molecule has 1 aromatic heterocycles. The van der Waals surface area contributed by atoms with Gasteiger partial charge in [-0.25, -0.2) is 4.79 Å². The van der Waals surface area contributed by atoms with Gasteiger partial charge in [-0.2, -0.15) is 5.10 Å². The highest BCUT2D eigenvalue weighted by Crippen LogP contribution is 2.09. The van der Waals surface area contributed by atoms with Gasteiger partial charge in [0.15, 0.2) is 0 Å². The fourth-order valence-corrected chi connectivity index (χ4v) is 1.20. The second kappa shape index (κ2) is 5.29. The number of hydrogen-bond donors (Lipinski definition) is 1. The van der Waals surface area contributed by atoms with Crippen LogP contribution in [0.4, 0.5) is 0 Å². The van der Waals surface area contributed by atoms with Gasteiger partial charge in [-0.05, 0) is 13.8 Å². The Bertz CT molecular complexity index is 386. The van der Waals surface area contributed by atoms with E-state index in [-0.39, 0.29) is 12.6 Å². The van der Waals surface area contributed by atoms with E-state index < -0.39 is 11.9 Å². The van der Waals surface area contributed by atoms with E-state index in [1.165, 1.54) is 0 Å². The van der Waals surface area contributed by atoms with Gasteiger partial charge in [-0.15, -0.1) is 0 Å². The molecule has 1 rings (SSSR count). The molecule has 16 heavy (non-hydrogen) atoms. The minimum Gasteiger partial charge on any atom is -0.459 e. The molecule has 1 aromatic rings. The lowest BCUT2D eigenvalue weighted by Crippen LogP contribution is -2.34. The van der Waals surface area contributed by atoms with Crippen molar-refractivity contribution in [3.63, 3.8) is 0 Å². The molecule has 0 saturated heterocycles. The van der Waals surface area contributed by atoms with Crippen molar-refractivity contribution in [2.45, 2.75) is 19.9 Å². The summed E-state index contributed by atoms with van der Waals surface area (Å²) in [5.74, 6) is -1.60. The molecule has 0 spiro atoms. The monoisotopic (exact) mass is 225 g/mol. The lowest BCUT2D eigenvalue weighted by Gasteiger charge is -2.10. The van der Waals surface area contributed by atoms with Crippen molar-refractivity contribution in [1.29, 1.82) is 0 Å². The van der Waals surface area contributed by atoms with Gasteiger partial charge < -0.3 is 10.1 Å². The highest BCUT2D eigenvalue weighted by Gasteiger charge is 2.18. The Morgan fingerprint density at radius 3 is 2.81 bits per heavy atom. The van der Waals surface area contributed by atoms with Crippen LogP contribution in [-0.2, 0) is 21.4 Å². The number of nitrogens with one attached hydrogen (secondary N) is 1. The predicted molar refractivity (Wildman–Crippen MR) is 56.4 cm³/mol. The molecule has 1 atom stereocenters. The Hall–Kier alpha value is -1.85. The quantitative estimate of drug-likeness (QED) is 0.587. The Kier molecular flexibility index (Phi) is 4.04. The third-order valence-electron chi connectivity index (χ3n) is 2.03. The average Bonchev–Trinajstić information content (AvgIpc) is 2.65. The van der Waals surface area contributed by atoms with Crippen molar-refractivity contribution in [3.8, 4) is 0 Å². The maximum atomic E-state index is 11.3. The van der Waals surface area contributed by atoms with Crippen molar-refractivity contribution >= 4 is 11.9 Å². The Morgan fingerprint density at radius 1 is 1.62 bits per heavy atom. The standard InChI is InChI=1S/C10H15N3O3/c1-4-16-10(15)9(14)12-7(2)8-5-11-13(3)6-8/h5-7H,4H2,1-3H3,(H,12,14). The van der Waals surface area contributed by atoms with Gasteiger partial charge in [0.1, 0.15) is 0 Å². The number of ether oxygens (including phenoxy) is 1. The molecular formula is C10H15N3O3. The third-order valence-corrected chi connectivity index (χ3v) is 2.03. The van der Waals surface area contributed by atoms with Crippen LogP contribution in [-0.4, -0.2) is 28.3 Å². The number of carbonyl (C=O) groups is 2. The molecule has 0 aliphatic carbocycles. The SMILES string of the molecule is CCOC(=O)C(=O)NC(C)c1cnn(C)c1. The van der Waals surface area contributed by atoms with E-state index in [0.717, 1.165) is 5.56 Å². The topological polar surface area (TPSA) is 73.2 Å². The van der Waals surface area contributed by atoms with Crippen LogP contribution in [0.2, 0.25) is 0 Å². The number of amides is 1. The summed E-state index contributed by atoms with van der Waals surface area (Å²) < 4.78 is 6.20. The summed E-state index contributed by atoms with van der Waals surface area (Å²) in [5.41, 5.74) is 0.833. The van der Waals surface area contributed by atoms with Crippen LogP contribution in [0.5, 0.6) is 0 Å². The summed E-state index contributed by atoms with van der Waals surface area (Å²) in [6.45, 7) is 3.61. The summed E-state index contributed by atoms with van der Waals surface area (Å²) in [6, 6.07) is -0.273. The van der Waals surface area contributed by atoms with Crippen LogP contribution < -0.4 is 5.32 Å². The first kappa shape index (κ1) is 12.2. The highest BCUT2D eigenvalue weighted by atomic mass is 16.5. The summed E-state index contributed by atoms with van der Waals surface area (Å²) in [7, 11) is 1.78. The molecule has 0 saturated carbocycles. The van der Waals surface area contributed by atoms with Crippen molar-refractivity contribution in [3.05, 3.63) is 18.0 Å². The molecule has 0 bridgehead atoms. The molecular weight excluding hydrogens is 210 g/mol. The molecule has 0 aliphatic heterocycles. The van der Waals surface area contributed by atoms with Crippen molar-refractivity contribution in [1.82, 2.24) is 15.1 Å². The Morgan fingerprint density at radius 2 is 2.31 bits per heavy atom. The summed E-state index contributed by atoms with van der Waals surface area (Å²) in [6.07, 6.45) is 3.41. The molecule has 6 heteroatoms. The number of nitrogens with zero attached hydrogens (tertiary/aromatic N) is 2. The normalized spacial score (nSPS) is 11.9. The van der Waals surface area contributed by atoms with Crippen LogP contribution in [0.25, 0.3) is 0 Å². The number of hydrogen-bond acceptors (Lipinski definition) is 4. The maximum absolute atomic E-state index is 11.3. The Balaban J connectivity index is 2.54. The van der Waals surface area contributed by atoms with Crippen LogP contribution in [0.15, 0.2) is 12.4 Å². The van der Waals surface area contributed by atoms with Crippen LogP contribution in [0.3, 0.4) is 0 Å². The number of rotatable bonds is 3. The summed E-state index contributed by atoms with van der Waals surface area (Å²) in [4.78, 5) is 22.4. The molecule has 6 nitrogen and oxygen atoms in total. The molecule has 1 heterocycles. The summed E-state index contributed by atoms with van der Waals surface area (Å²) in [5, 5.41) is 6.50. The van der Waals surface area contributed by atoms with Gasteiger partial charge >= 0.3 is 11.9 Å². The average molecular weight is 225 g/mol. The van der Waals surface area contributed by atoms with Crippen molar-refractivity contribution in [2.75, 3.05) is 6.61 Å². The predicted octanol–water partition coefficient (Wildman–Crippen LogP) is 0.160. The third kappa shape index (κ3) is 3.08.